The summed E-state index contributed by atoms with van der Waals surface area (Å²) < 4.78 is 2.15. The van der Waals surface area contributed by atoms with E-state index in [1.807, 2.05) is 36.4 Å². The number of carbonyl (C=O) groups is 1. The first-order valence-electron chi connectivity index (χ1n) is 9.42. The zero-order valence-electron chi connectivity index (χ0n) is 16.1. The molecular weight excluding hydrogens is 358 g/mol. The first-order valence-corrected chi connectivity index (χ1v) is 9.80. The van der Waals surface area contributed by atoms with Gasteiger partial charge in [-0.05, 0) is 30.8 Å². The van der Waals surface area contributed by atoms with Crippen LogP contribution in [0.2, 0.25) is 5.02 Å². The summed E-state index contributed by atoms with van der Waals surface area (Å²) in [7, 11) is 1.67. The molecule has 2 aromatic carbocycles. The van der Waals surface area contributed by atoms with Gasteiger partial charge in [-0.3, -0.25) is 4.79 Å². The average Bonchev–Trinajstić information content (AvgIpc) is 3.02. The van der Waals surface area contributed by atoms with Crippen LogP contribution in [0.25, 0.3) is 22.0 Å². The molecule has 0 saturated heterocycles. The monoisotopic (exact) mass is 383 g/mol. The lowest BCUT2D eigenvalue weighted by molar-refractivity contribution is 0.0955. The van der Waals surface area contributed by atoms with E-state index in [0.717, 1.165) is 48.2 Å². The van der Waals surface area contributed by atoms with E-state index in [4.69, 9.17) is 11.6 Å². The molecule has 0 spiro atoms. The molecule has 1 heterocycles. The summed E-state index contributed by atoms with van der Waals surface area (Å²) >= 11 is 6.31. The Labute approximate surface area is 165 Å². The number of hydrogen-bond acceptors (Lipinski definition) is 2. The van der Waals surface area contributed by atoms with Crippen LogP contribution >= 0.6 is 11.6 Å². The second kappa shape index (κ2) is 8.59. The highest BCUT2D eigenvalue weighted by molar-refractivity contribution is 6.31. The number of nitrogens with zero attached hydrogens (tertiary/aromatic N) is 2. The van der Waals surface area contributed by atoms with Gasteiger partial charge in [-0.25, -0.2) is 0 Å². The largest absolute Gasteiger partial charge is 0.354 e. The molecule has 1 N–H and O–H groups in total. The zero-order valence-corrected chi connectivity index (χ0v) is 16.9. The molecule has 0 atom stereocenters. The summed E-state index contributed by atoms with van der Waals surface area (Å²) in [6, 6.07) is 16.0. The number of rotatable bonds is 7. The van der Waals surface area contributed by atoms with Crippen LogP contribution in [-0.4, -0.2) is 42.1 Å². The van der Waals surface area contributed by atoms with Crippen LogP contribution in [0.1, 0.15) is 24.3 Å². The summed E-state index contributed by atoms with van der Waals surface area (Å²) in [6.45, 7) is 7.91. The molecule has 142 valence electrons. The molecule has 4 nitrogen and oxygen atoms in total. The maximum Gasteiger partial charge on any atom is 0.268 e. The molecule has 3 aromatic rings. The molecule has 1 amide bonds. The van der Waals surface area contributed by atoms with Crippen molar-refractivity contribution in [2.24, 2.45) is 0 Å². The van der Waals surface area contributed by atoms with Crippen molar-refractivity contribution in [2.75, 3.05) is 26.7 Å². The van der Waals surface area contributed by atoms with Crippen molar-refractivity contribution in [2.45, 2.75) is 20.4 Å². The van der Waals surface area contributed by atoms with E-state index in [1.54, 1.807) is 7.05 Å². The number of nitrogens with one attached hydrogen (secondary N) is 1. The molecule has 0 fully saturated rings. The summed E-state index contributed by atoms with van der Waals surface area (Å²) in [5.74, 6) is -0.0796. The van der Waals surface area contributed by atoms with E-state index in [1.165, 1.54) is 0 Å². The number of carbonyl (C=O) groups excluding carboxylic acids is 1. The Hall–Kier alpha value is -2.30. The van der Waals surface area contributed by atoms with Gasteiger partial charge in [0.2, 0.25) is 0 Å². The fourth-order valence-corrected chi connectivity index (χ4v) is 3.77. The van der Waals surface area contributed by atoms with E-state index in [2.05, 4.69) is 40.8 Å². The Morgan fingerprint density at radius 2 is 1.78 bits per heavy atom. The van der Waals surface area contributed by atoms with Gasteiger partial charge >= 0.3 is 0 Å². The van der Waals surface area contributed by atoms with Crippen molar-refractivity contribution in [1.29, 1.82) is 0 Å². The first kappa shape index (κ1) is 19.5. The van der Waals surface area contributed by atoms with Crippen molar-refractivity contribution >= 4 is 28.3 Å². The van der Waals surface area contributed by atoms with Crippen LogP contribution in [-0.2, 0) is 6.54 Å². The smallest absolute Gasteiger partial charge is 0.268 e. The topological polar surface area (TPSA) is 37.3 Å². The van der Waals surface area contributed by atoms with Crippen molar-refractivity contribution < 1.29 is 4.79 Å². The van der Waals surface area contributed by atoms with Gasteiger partial charge < -0.3 is 14.8 Å². The van der Waals surface area contributed by atoms with Gasteiger partial charge in [0.1, 0.15) is 5.69 Å². The van der Waals surface area contributed by atoms with Crippen LogP contribution in [0, 0.1) is 0 Å². The SMILES string of the molecule is CCN(CC)CCn1c(C(=O)NC)c2ccc(Cl)cc2c1-c1ccccc1. The number of halogens is 1. The Balaban J connectivity index is 2.26. The minimum atomic E-state index is -0.0796. The summed E-state index contributed by atoms with van der Waals surface area (Å²) in [5.41, 5.74) is 2.81. The Morgan fingerprint density at radius 1 is 1.07 bits per heavy atom. The molecule has 0 unspecified atom stereocenters. The molecule has 1 aromatic heterocycles. The van der Waals surface area contributed by atoms with E-state index in [0.29, 0.717) is 10.7 Å². The normalized spacial score (nSPS) is 11.3. The minimum absolute atomic E-state index is 0.0796. The third-order valence-electron chi connectivity index (χ3n) is 5.06. The molecule has 0 aliphatic rings. The number of likely N-dealkylation sites (N-methyl/N-ethyl adjacent to an activating group) is 1. The highest BCUT2D eigenvalue weighted by atomic mass is 35.5. The van der Waals surface area contributed by atoms with Crippen molar-refractivity contribution in [3.63, 3.8) is 0 Å². The Morgan fingerprint density at radius 3 is 2.41 bits per heavy atom. The zero-order chi connectivity index (χ0) is 19.4. The number of aromatic nitrogens is 1. The van der Waals surface area contributed by atoms with Gasteiger partial charge in [-0.15, -0.1) is 0 Å². The van der Waals surface area contributed by atoms with Gasteiger partial charge in [-0.2, -0.15) is 0 Å². The molecule has 0 radical (unpaired) electrons. The van der Waals surface area contributed by atoms with Crippen LogP contribution in [0.15, 0.2) is 48.5 Å². The number of fused-ring (bicyclic) bond motifs is 1. The van der Waals surface area contributed by atoms with Crippen LogP contribution in [0.4, 0.5) is 0 Å². The Bertz CT molecular complexity index is 930. The molecule has 0 aliphatic carbocycles. The van der Waals surface area contributed by atoms with E-state index in [-0.39, 0.29) is 5.91 Å². The average molecular weight is 384 g/mol. The third-order valence-corrected chi connectivity index (χ3v) is 5.29. The predicted molar refractivity (Wildman–Crippen MR) is 114 cm³/mol. The summed E-state index contributed by atoms with van der Waals surface area (Å²) in [5, 5.41) is 5.41. The van der Waals surface area contributed by atoms with Gasteiger partial charge in [0, 0.05) is 35.9 Å². The molecule has 3 rings (SSSR count). The standard InChI is InChI=1S/C22H26ClN3O/c1-4-25(5-2)13-14-26-20(16-9-7-6-8-10-16)19-15-17(23)11-12-18(19)21(26)22(27)24-3/h6-12,15H,4-5,13-14H2,1-3H3,(H,24,27). The minimum Gasteiger partial charge on any atom is -0.354 e. The molecular formula is C22H26ClN3O. The molecule has 0 saturated carbocycles. The lowest BCUT2D eigenvalue weighted by Crippen LogP contribution is -2.29. The van der Waals surface area contributed by atoms with Crippen molar-refractivity contribution in [3.8, 4) is 11.3 Å². The highest BCUT2D eigenvalue weighted by Crippen LogP contribution is 2.35. The molecule has 5 heteroatoms. The van der Waals surface area contributed by atoms with Crippen molar-refractivity contribution in [1.82, 2.24) is 14.8 Å². The molecule has 27 heavy (non-hydrogen) atoms. The van der Waals surface area contributed by atoms with E-state index < -0.39 is 0 Å². The Kier molecular flexibility index (Phi) is 6.19. The fourth-order valence-electron chi connectivity index (χ4n) is 3.60. The summed E-state index contributed by atoms with van der Waals surface area (Å²) in [6.07, 6.45) is 0. The van der Waals surface area contributed by atoms with Gasteiger partial charge in [0.25, 0.3) is 5.91 Å². The maximum absolute atomic E-state index is 12.8. The van der Waals surface area contributed by atoms with Crippen LogP contribution in [0.5, 0.6) is 0 Å². The van der Waals surface area contributed by atoms with Crippen LogP contribution in [0.3, 0.4) is 0 Å². The lowest BCUT2D eigenvalue weighted by Gasteiger charge is -2.20. The quantitative estimate of drug-likeness (QED) is 0.644. The highest BCUT2D eigenvalue weighted by Gasteiger charge is 2.22. The number of benzene rings is 2. The maximum atomic E-state index is 12.8. The number of hydrogen-bond donors (Lipinski definition) is 1. The van der Waals surface area contributed by atoms with Crippen LogP contribution < -0.4 is 5.32 Å². The van der Waals surface area contributed by atoms with E-state index in [9.17, 15) is 4.79 Å². The molecule has 0 aliphatic heterocycles. The first-order chi connectivity index (χ1) is 13.1. The van der Waals surface area contributed by atoms with E-state index >= 15 is 0 Å². The second-order valence-electron chi connectivity index (χ2n) is 6.51. The second-order valence-corrected chi connectivity index (χ2v) is 6.95. The summed E-state index contributed by atoms with van der Waals surface area (Å²) in [4.78, 5) is 15.1. The van der Waals surface area contributed by atoms with Crippen molar-refractivity contribution in [3.05, 3.63) is 59.2 Å². The lowest BCUT2D eigenvalue weighted by atomic mass is 10.1. The van der Waals surface area contributed by atoms with Gasteiger partial charge in [0.15, 0.2) is 0 Å². The fraction of sp³-hybridized carbons (Fsp3) is 0.318. The van der Waals surface area contributed by atoms with Gasteiger partial charge in [0.05, 0.1) is 5.69 Å². The van der Waals surface area contributed by atoms with Gasteiger partial charge in [-0.1, -0.05) is 61.8 Å². The third kappa shape index (κ3) is 3.87. The predicted octanol–water partition coefficient (Wildman–Crippen LogP) is 4.66. The number of amides is 1. The molecule has 0 bridgehead atoms.